The number of hydrogen-bond donors (Lipinski definition) is 2. The SMILES string of the molecule is COc1ccc2nc(C)c3c(c2c1)[C@H](F)C[C@]1(C[C@H]2C(=O)N[C@]4(C(=O)NS(=O)(=O)C5(C)CC5)C[C@H]4/C=C\CCCCC[C@H](CC(=O)OC(C)(C)C)C(=O)N2C1)O3. The highest BCUT2D eigenvalue weighted by molar-refractivity contribution is 7.91. The second-order valence-electron chi connectivity index (χ2n) is 17.7. The first kappa shape index (κ1) is 39.9. The number of rotatable bonds is 6. The number of ether oxygens (including phenoxy) is 3. The van der Waals surface area contributed by atoms with E-state index in [1.165, 1.54) is 12.0 Å². The lowest BCUT2D eigenvalue weighted by Gasteiger charge is -2.38. The van der Waals surface area contributed by atoms with Crippen molar-refractivity contribution < 1.29 is 46.2 Å². The highest BCUT2D eigenvalue weighted by atomic mass is 32.2. The third-order valence-corrected chi connectivity index (χ3v) is 14.3. The van der Waals surface area contributed by atoms with Gasteiger partial charge in [0.2, 0.25) is 21.8 Å². The van der Waals surface area contributed by atoms with Crippen LogP contribution in [0.15, 0.2) is 30.4 Å². The molecule has 3 fully saturated rings. The van der Waals surface area contributed by atoms with Gasteiger partial charge >= 0.3 is 5.97 Å². The summed E-state index contributed by atoms with van der Waals surface area (Å²) < 4.78 is 62.2. The Balaban J connectivity index is 1.26. The number of fused-ring (bicyclic) bond motifs is 5. The van der Waals surface area contributed by atoms with Crippen LogP contribution >= 0.6 is 0 Å². The van der Waals surface area contributed by atoms with Crippen molar-refractivity contribution in [2.45, 2.75) is 139 Å². The van der Waals surface area contributed by atoms with Crippen molar-refractivity contribution in [3.8, 4) is 11.5 Å². The Labute approximate surface area is 327 Å². The van der Waals surface area contributed by atoms with E-state index in [2.05, 4.69) is 15.0 Å². The van der Waals surface area contributed by atoms with Gasteiger partial charge in [-0.1, -0.05) is 25.0 Å². The summed E-state index contributed by atoms with van der Waals surface area (Å²) in [7, 11) is -2.51. The van der Waals surface area contributed by atoms with E-state index in [0.29, 0.717) is 60.0 Å². The normalized spacial score (nSPS) is 30.7. The molecule has 0 bridgehead atoms. The molecule has 2 aliphatic carbocycles. The van der Waals surface area contributed by atoms with Gasteiger partial charge < -0.3 is 24.4 Å². The van der Waals surface area contributed by atoms with Gasteiger partial charge in [0.25, 0.3) is 5.91 Å². The standard InChI is InChI=1S/C41H53FN4O9S/c1-24-34-33(28-19-27(53-6)14-15-30(28)43-24)29(42)21-40(55-34)22-31-35(48)44-41(37(50)45-56(51,52)39(5)16-17-39)20-26(41)13-11-9-7-8-10-12-25(36(49)46(31)23-40)18-32(47)54-38(2,3)4/h11,13-15,19,25-26,29,31H,7-10,12,16-18,20-23H2,1-6H3,(H,44,48)(H,45,50)/b13-11-/t25-,26-,29-,31+,40-,41-/m1/s1. The largest absolute Gasteiger partial charge is 0.497 e. The van der Waals surface area contributed by atoms with E-state index in [4.69, 9.17) is 14.2 Å². The highest BCUT2D eigenvalue weighted by Crippen LogP contribution is 2.52. The first-order valence-corrected chi connectivity index (χ1v) is 21.2. The number of nitrogens with one attached hydrogen (secondary N) is 2. The van der Waals surface area contributed by atoms with Crippen LogP contribution in [0.1, 0.15) is 116 Å². The molecule has 0 radical (unpaired) electrons. The summed E-state index contributed by atoms with van der Waals surface area (Å²) in [6, 6.07) is 3.97. The Morgan fingerprint density at radius 3 is 2.57 bits per heavy atom. The third kappa shape index (κ3) is 7.59. The molecule has 3 amide bonds. The van der Waals surface area contributed by atoms with Crippen LogP contribution in [0.5, 0.6) is 11.5 Å². The van der Waals surface area contributed by atoms with Crippen molar-refractivity contribution in [1.29, 1.82) is 0 Å². The van der Waals surface area contributed by atoms with Gasteiger partial charge in [0.1, 0.15) is 40.5 Å². The zero-order valence-corrected chi connectivity index (χ0v) is 33.9. The molecular weight excluding hydrogens is 744 g/mol. The number of methoxy groups -OCH3 is 1. The summed E-state index contributed by atoms with van der Waals surface area (Å²) in [5.41, 5.74) is -2.41. The van der Waals surface area contributed by atoms with Crippen LogP contribution in [0, 0.1) is 18.8 Å². The van der Waals surface area contributed by atoms with Gasteiger partial charge in [0.05, 0.1) is 36.0 Å². The zero-order chi connectivity index (χ0) is 40.4. The van der Waals surface area contributed by atoms with E-state index in [-0.39, 0.29) is 38.0 Å². The van der Waals surface area contributed by atoms with E-state index in [1.807, 2.05) is 12.2 Å². The number of benzene rings is 1. The number of aromatic nitrogens is 1. The number of allylic oxidation sites excluding steroid dienone is 1. The number of pyridine rings is 1. The minimum Gasteiger partial charge on any atom is -0.497 e. The number of alkyl halides is 1. The van der Waals surface area contributed by atoms with E-state index in [0.717, 1.165) is 12.8 Å². The molecule has 1 aromatic heterocycles. The molecule has 1 saturated heterocycles. The van der Waals surface area contributed by atoms with Crippen LogP contribution in [0.2, 0.25) is 0 Å². The molecular formula is C41H53FN4O9S. The average molecular weight is 797 g/mol. The van der Waals surface area contributed by atoms with Crippen molar-refractivity contribution in [3.05, 3.63) is 41.6 Å². The predicted molar refractivity (Wildman–Crippen MR) is 205 cm³/mol. The lowest BCUT2D eigenvalue weighted by atomic mass is 9.86. The lowest BCUT2D eigenvalue weighted by Crippen LogP contribution is -2.57. The van der Waals surface area contributed by atoms with Crippen LogP contribution in [-0.4, -0.2) is 83.2 Å². The molecule has 7 rings (SSSR count). The molecule has 3 aliphatic heterocycles. The molecule has 5 aliphatic rings. The molecule has 1 spiro atoms. The van der Waals surface area contributed by atoms with Gasteiger partial charge in [-0.2, -0.15) is 0 Å². The number of amides is 3. The van der Waals surface area contributed by atoms with Crippen molar-refractivity contribution in [3.63, 3.8) is 0 Å². The van der Waals surface area contributed by atoms with Crippen LogP contribution in [-0.2, 0) is 33.9 Å². The summed E-state index contributed by atoms with van der Waals surface area (Å²) in [4.78, 5) is 62.6. The van der Waals surface area contributed by atoms with Gasteiger partial charge in [-0.3, -0.25) is 23.9 Å². The number of carbonyl (C=O) groups excluding carboxylic acids is 4. The quantitative estimate of drug-likeness (QED) is 0.284. The number of esters is 1. The molecule has 6 atom stereocenters. The first-order valence-electron chi connectivity index (χ1n) is 19.7. The third-order valence-electron chi connectivity index (χ3n) is 12.1. The van der Waals surface area contributed by atoms with E-state index in [1.54, 1.807) is 52.8 Å². The molecule has 2 aromatic rings. The fourth-order valence-electron chi connectivity index (χ4n) is 8.55. The van der Waals surface area contributed by atoms with Crippen molar-refractivity contribution >= 4 is 44.6 Å². The van der Waals surface area contributed by atoms with Crippen LogP contribution < -0.4 is 19.5 Å². The Morgan fingerprint density at radius 1 is 1.12 bits per heavy atom. The van der Waals surface area contributed by atoms with Crippen molar-refractivity contribution in [1.82, 2.24) is 19.9 Å². The Bertz CT molecular complexity index is 2100. The maximum absolute atomic E-state index is 16.8. The topological polar surface area (TPSA) is 170 Å². The minimum absolute atomic E-state index is 0.117. The molecule has 13 nitrogen and oxygen atoms in total. The molecule has 304 valence electrons. The number of hydrogen-bond acceptors (Lipinski definition) is 10. The Morgan fingerprint density at radius 2 is 1.88 bits per heavy atom. The number of carbonyl (C=O) groups is 4. The Kier molecular flexibility index (Phi) is 10.2. The molecule has 2 saturated carbocycles. The van der Waals surface area contributed by atoms with E-state index < -0.39 is 79.3 Å². The molecule has 56 heavy (non-hydrogen) atoms. The van der Waals surface area contributed by atoms with Gasteiger partial charge in [-0.05, 0) is 91.3 Å². The fourth-order valence-corrected chi connectivity index (χ4v) is 9.87. The summed E-state index contributed by atoms with van der Waals surface area (Å²) in [5.74, 6) is -3.12. The zero-order valence-electron chi connectivity index (χ0n) is 33.0. The van der Waals surface area contributed by atoms with E-state index in [9.17, 15) is 27.6 Å². The van der Waals surface area contributed by atoms with Crippen LogP contribution in [0.25, 0.3) is 10.9 Å². The molecule has 0 unspecified atom stereocenters. The fraction of sp³-hybridized carbons (Fsp3) is 0.634. The molecule has 2 N–H and O–H groups in total. The van der Waals surface area contributed by atoms with E-state index >= 15 is 4.39 Å². The summed E-state index contributed by atoms with van der Waals surface area (Å²) >= 11 is 0. The van der Waals surface area contributed by atoms with Gasteiger partial charge in [-0.25, -0.2) is 17.8 Å². The van der Waals surface area contributed by atoms with Crippen LogP contribution in [0.4, 0.5) is 4.39 Å². The first-order chi connectivity index (χ1) is 26.3. The number of nitrogens with zero attached hydrogens (tertiary/aromatic N) is 2. The highest BCUT2D eigenvalue weighted by Gasteiger charge is 2.64. The number of aryl methyl sites for hydroxylation is 1. The van der Waals surface area contributed by atoms with Gasteiger partial charge in [0, 0.05) is 35.6 Å². The minimum atomic E-state index is -4.03. The summed E-state index contributed by atoms with van der Waals surface area (Å²) in [6.07, 6.45) is 5.91. The van der Waals surface area contributed by atoms with Gasteiger partial charge in [0.15, 0.2) is 0 Å². The van der Waals surface area contributed by atoms with Crippen molar-refractivity contribution in [2.75, 3.05) is 13.7 Å². The molecule has 1 aromatic carbocycles. The maximum atomic E-state index is 16.8. The summed E-state index contributed by atoms with van der Waals surface area (Å²) in [6.45, 7) is 8.37. The number of sulfonamides is 1. The van der Waals surface area contributed by atoms with Crippen LogP contribution in [0.3, 0.4) is 0 Å². The van der Waals surface area contributed by atoms with Gasteiger partial charge in [-0.15, -0.1) is 0 Å². The Hall–Kier alpha value is -4.27. The predicted octanol–water partition coefficient (Wildman–Crippen LogP) is 5.43. The average Bonchev–Trinajstić information content (AvgIpc) is 4.01. The maximum Gasteiger partial charge on any atom is 0.307 e. The number of halogens is 1. The lowest BCUT2D eigenvalue weighted by molar-refractivity contribution is -0.159. The van der Waals surface area contributed by atoms with Crippen molar-refractivity contribution in [2.24, 2.45) is 11.8 Å². The second kappa shape index (κ2) is 14.3. The monoisotopic (exact) mass is 796 g/mol. The second-order valence-corrected chi connectivity index (χ2v) is 19.9. The smallest absolute Gasteiger partial charge is 0.307 e. The molecule has 4 heterocycles. The molecule has 15 heteroatoms. The summed E-state index contributed by atoms with van der Waals surface area (Å²) in [5, 5.41) is 3.41.